The molecule has 0 rings (SSSR count). The molecule has 6 heteroatoms. The second kappa shape index (κ2) is 3.20. The third-order valence-electron chi connectivity index (χ3n) is 1.07. The lowest BCUT2D eigenvalue weighted by molar-refractivity contribution is -0.155. The number of amides is 2. The van der Waals surface area contributed by atoms with Crippen molar-refractivity contribution in [2.24, 2.45) is 5.73 Å². The molecule has 0 aromatic carbocycles. The number of carbonyl (C=O) groups is 2. The van der Waals surface area contributed by atoms with Gasteiger partial charge in [0.1, 0.15) is 0 Å². The van der Waals surface area contributed by atoms with E-state index in [1.807, 2.05) is 5.32 Å². The predicted molar refractivity (Wildman–Crippen MR) is 35.8 cm³/mol. The number of nitrogens with one attached hydrogen (secondary N) is 1. The summed E-state index contributed by atoms with van der Waals surface area (Å²) in [7, 11) is 0. The van der Waals surface area contributed by atoms with Crippen molar-refractivity contribution in [2.75, 3.05) is 6.54 Å². The van der Waals surface area contributed by atoms with E-state index in [2.05, 4.69) is 5.73 Å². The van der Waals surface area contributed by atoms with Crippen LogP contribution >= 0.6 is 0 Å². The number of hydrogen-bond acceptors (Lipinski definition) is 3. The highest BCUT2D eigenvalue weighted by Crippen LogP contribution is 1.99. The van der Waals surface area contributed by atoms with Gasteiger partial charge < -0.3 is 21.3 Å². The van der Waals surface area contributed by atoms with Crippen molar-refractivity contribution < 1.29 is 19.8 Å². The van der Waals surface area contributed by atoms with Crippen LogP contribution in [0.3, 0.4) is 0 Å². The molecular formula is C5H10N2O4. The number of hydrogen-bond donors (Lipinski definition) is 4. The molecule has 1 unspecified atom stereocenters. The number of aliphatic carboxylic acids is 1. The molecule has 0 bridgehead atoms. The molecule has 0 saturated heterocycles. The Labute approximate surface area is 63.0 Å². The highest BCUT2D eigenvalue weighted by Gasteiger charge is 2.29. The summed E-state index contributed by atoms with van der Waals surface area (Å²) in [5, 5.41) is 19.3. The first-order valence-corrected chi connectivity index (χ1v) is 2.85. The summed E-state index contributed by atoms with van der Waals surface area (Å²) in [5.74, 6) is -1.41. The molecule has 0 heterocycles. The number of rotatable bonds is 3. The van der Waals surface area contributed by atoms with Gasteiger partial charge in [0.15, 0.2) is 5.60 Å². The van der Waals surface area contributed by atoms with Gasteiger partial charge in [0.05, 0.1) is 6.54 Å². The summed E-state index contributed by atoms with van der Waals surface area (Å²) in [6.45, 7) is 0.656. The highest BCUT2D eigenvalue weighted by atomic mass is 16.4. The van der Waals surface area contributed by atoms with Gasteiger partial charge in [-0.2, -0.15) is 0 Å². The molecule has 0 aliphatic heterocycles. The van der Waals surface area contributed by atoms with Crippen LogP contribution in [0.25, 0.3) is 0 Å². The Hall–Kier alpha value is -1.30. The van der Waals surface area contributed by atoms with Gasteiger partial charge in [-0.15, -0.1) is 0 Å². The minimum atomic E-state index is -1.96. The average Bonchev–Trinajstić information content (AvgIpc) is 1.84. The van der Waals surface area contributed by atoms with Crippen molar-refractivity contribution in [1.82, 2.24) is 5.32 Å². The van der Waals surface area contributed by atoms with E-state index < -0.39 is 24.1 Å². The number of primary amides is 1. The second-order valence-corrected chi connectivity index (χ2v) is 2.30. The molecule has 0 aliphatic carbocycles. The molecular weight excluding hydrogens is 152 g/mol. The van der Waals surface area contributed by atoms with E-state index >= 15 is 0 Å². The van der Waals surface area contributed by atoms with Crippen molar-refractivity contribution in [3.63, 3.8) is 0 Å². The molecule has 0 fully saturated rings. The van der Waals surface area contributed by atoms with Crippen LogP contribution < -0.4 is 11.1 Å². The van der Waals surface area contributed by atoms with E-state index in [9.17, 15) is 9.59 Å². The minimum Gasteiger partial charge on any atom is -0.479 e. The molecule has 64 valence electrons. The smallest absolute Gasteiger partial charge is 0.337 e. The summed E-state index contributed by atoms with van der Waals surface area (Å²) in [6.07, 6.45) is 0. The number of carbonyl (C=O) groups excluding carboxylic acids is 1. The first-order valence-electron chi connectivity index (χ1n) is 2.85. The van der Waals surface area contributed by atoms with E-state index in [0.29, 0.717) is 0 Å². The maximum atomic E-state index is 10.2. The van der Waals surface area contributed by atoms with Crippen LogP contribution in [0.4, 0.5) is 4.79 Å². The fraction of sp³-hybridized carbons (Fsp3) is 0.600. The molecule has 0 saturated carbocycles. The Bertz CT molecular complexity index is 177. The second-order valence-electron chi connectivity index (χ2n) is 2.30. The lowest BCUT2D eigenvalue weighted by atomic mass is 10.1. The van der Waals surface area contributed by atoms with Crippen LogP contribution in [0.1, 0.15) is 6.92 Å². The standard InChI is InChI=1S/C5H10N2O4/c1-5(11,3(8)9)2-7-4(6)10/h11H,2H2,1H3,(H,8,9)(H3,6,7,10). The third kappa shape index (κ3) is 3.41. The number of urea groups is 1. The van der Waals surface area contributed by atoms with Gasteiger partial charge >= 0.3 is 12.0 Å². The summed E-state index contributed by atoms with van der Waals surface area (Å²) in [6, 6.07) is -0.869. The van der Waals surface area contributed by atoms with E-state index in [4.69, 9.17) is 10.2 Å². The van der Waals surface area contributed by atoms with Gasteiger partial charge in [-0.05, 0) is 6.92 Å². The molecule has 2 amide bonds. The predicted octanol–water partition coefficient (Wildman–Crippen LogP) is -1.51. The quantitative estimate of drug-likeness (QED) is 0.404. The third-order valence-corrected chi connectivity index (χ3v) is 1.07. The number of carboxylic acid groups (broad SMARTS) is 1. The first-order chi connectivity index (χ1) is 4.86. The molecule has 11 heavy (non-hydrogen) atoms. The van der Waals surface area contributed by atoms with Crippen LogP contribution in [0.15, 0.2) is 0 Å². The summed E-state index contributed by atoms with van der Waals surface area (Å²) in [5.41, 5.74) is 2.68. The topological polar surface area (TPSA) is 113 Å². The van der Waals surface area contributed by atoms with Crippen LogP contribution in [-0.4, -0.2) is 34.4 Å². The minimum absolute atomic E-state index is 0.405. The lowest BCUT2D eigenvalue weighted by Crippen LogP contribution is -2.47. The Balaban J connectivity index is 3.92. The van der Waals surface area contributed by atoms with Crippen molar-refractivity contribution in [1.29, 1.82) is 0 Å². The van der Waals surface area contributed by atoms with Gasteiger partial charge in [-0.1, -0.05) is 0 Å². The fourth-order valence-corrected chi connectivity index (χ4v) is 0.335. The van der Waals surface area contributed by atoms with Gasteiger partial charge in [0.2, 0.25) is 0 Å². The van der Waals surface area contributed by atoms with Gasteiger partial charge in [0.25, 0.3) is 0 Å². The Morgan fingerprint density at radius 3 is 2.36 bits per heavy atom. The number of aliphatic hydroxyl groups is 1. The fourth-order valence-electron chi connectivity index (χ4n) is 0.335. The van der Waals surface area contributed by atoms with Gasteiger partial charge in [-0.3, -0.25) is 0 Å². The Kier molecular flexibility index (Phi) is 2.82. The number of nitrogens with two attached hydrogens (primary N) is 1. The average molecular weight is 162 g/mol. The first kappa shape index (κ1) is 9.70. The summed E-state index contributed by atoms with van der Waals surface area (Å²) < 4.78 is 0. The maximum absolute atomic E-state index is 10.2. The lowest BCUT2D eigenvalue weighted by Gasteiger charge is -2.16. The molecule has 0 aromatic heterocycles. The molecule has 0 aliphatic rings. The molecule has 0 aromatic rings. The van der Waals surface area contributed by atoms with Crippen LogP contribution in [0.2, 0.25) is 0 Å². The monoisotopic (exact) mass is 162 g/mol. The van der Waals surface area contributed by atoms with Crippen molar-refractivity contribution in [3.8, 4) is 0 Å². The molecule has 0 radical (unpaired) electrons. The Morgan fingerprint density at radius 1 is 1.64 bits per heavy atom. The van der Waals surface area contributed by atoms with Gasteiger partial charge in [0, 0.05) is 0 Å². The van der Waals surface area contributed by atoms with Crippen molar-refractivity contribution in [2.45, 2.75) is 12.5 Å². The zero-order chi connectivity index (χ0) is 9.07. The number of carboxylic acids is 1. The zero-order valence-electron chi connectivity index (χ0n) is 6.00. The summed E-state index contributed by atoms with van der Waals surface area (Å²) in [4.78, 5) is 20.3. The molecule has 1 atom stereocenters. The normalized spacial score (nSPS) is 15.1. The van der Waals surface area contributed by atoms with Crippen molar-refractivity contribution in [3.05, 3.63) is 0 Å². The van der Waals surface area contributed by atoms with Crippen LogP contribution in [-0.2, 0) is 4.79 Å². The SMILES string of the molecule is CC(O)(CNC(N)=O)C(=O)O. The molecule has 0 spiro atoms. The van der Waals surface area contributed by atoms with E-state index in [1.54, 1.807) is 0 Å². The largest absolute Gasteiger partial charge is 0.479 e. The Morgan fingerprint density at radius 2 is 2.09 bits per heavy atom. The molecule has 5 N–H and O–H groups in total. The zero-order valence-corrected chi connectivity index (χ0v) is 6.00. The molecule has 6 nitrogen and oxygen atoms in total. The van der Waals surface area contributed by atoms with Crippen LogP contribution in [0.5, 0.6) is 0 Å². The van der Waals surface area contributed by atoms with Gasteiger partial charge in [-0.25, -0.2) is 9.59 Å². The van der Waals surface area contributed by atoms with E-state index in [1.165, 1.54) is 0 Å². The maximum Gasteiger partial charge on any atom is 0.337 e. The summed E-state index contributed by atoms with van der Waals surface area (Å²) >= 11 is 0. The highest BCUT2D eigenvalue weighted by molar-refractivity contribution is 5.78. The van der Waals surface area contributed by atoms with E-state index in [0.717, 1.165) is 6.92 Å². The van der Waals surface area contributed by atoms with Crippen molar-refractivity contribution >= 4 is 12.0 Å². The van der Waals surface area contributed by atoms with Crippen LogP contribution in [0, 0.1) is 0 Å². The van der Waals surface area contributed by atoms with E-state index in [-0.39, 0.29) is 0 Å².